The highest BCUT2D eigenvalue weighted by Gasteiger charge is 2.19. The Morgan fingerprint density at radius 1 is 1.32 bits per heavy atom. The lowest BCUT2D eigenvalue weighted by Crippen LogP contribution is -2.33. The van der Waals surface area contributed by atoms with Gasteiger partial charge in [-0.2, -0.15) is 0 Å². The van der Waals surface area contributed by atoms with Crippen molar-refractivity contribution in [1.29, 1.82) is 0 Å². The molecule has 134 valence electrons. The van der Waals surface area contributed by atoms with E-state index in [4.69, 9.17) is 4.74 Å². The van der Waals surface area contributed by atoms with E-state index in [0.717, 1.165) is 41.7 Å². The monoisotopic (exact) mass is 360 g/mol. The van der Waals surface area contributed by atoms with Crippen LogP contribution < -0.4 is 10.1 Å². The molecule has 1 aliphatic carbocycles. The Hall–Kier alpha value is -2.02. The van der Waals surface area contributed by atoms with Crippen molar-refractivity contribution in [3.8, 4) is 17.1 Å². The molecule has 1 aromatic heterocycles. The molecule has 6 nitrogen and oxygen atoms in total. The van der Waals surface area contributed by atoms with Gasteiger partial charge in [-0.05, 0) is 31.9 Å². The fraction of sp³-hybridized carbons (Fsp3) is 0.500. The van der Waals surface area contributed by atoms with Crippen LogP contribution in [0.5, 0.6) is 5.75 Å². The largest absolute Gasteiger partial charge is 0.496 e. The first-order valence-electron chi connectivity index (χ1n) is 8.71. The molecule has 2 aromatic rings. The Kier molecular flexibility index (Phi) is 5.96. The Morgan fingerprint density at radius 2 is 2.08 bits per heavy atom. The van der Waals surface area contributed by atoms with E-state index in [-0.39, 0.29) is 5.91 Å². The van der Waals surface area contributed by atoms with Crippen molar-refractivity contribution in [1.82, 2.24) is 20.1 Å². The highest BCUT2D eigenvalue weighted by atomic mass is 32.2. The highest BCUT2D eigenvalue weighted by Crippen LogP contribution is 2.30. The van der Waals surface area contributed by atoms with E-state index in [1.807, 2.05) is 35.8 Å². The molecule has 1 aromatic carbocycles. The summed E-state index contributed by atoms with van der Waals surface area (Å²) in [6, 6.07) is 8.11. The van der Waals surface area contributed by atoms with Gasteiger partial charge in [0.25, 0.3) is 0 Å². The molecule has 3 rings (SSSR count). The number of ether oxygens (including phenoxy) is 1. The second kappa shape index (κ2) is 8.38. The molecule has 1 saturated carbocycles. The SMILES string of the molecule is CCn1c(SCC(=O)NC2CCCC2)nnc1-c1ccccc1OC. The molecule has 1 N–H and O–H groups in total. The molecular weight excluding hydrogens is 336 g/mol. The van der Waals surface area contributed by atoms with E-state index < -0.39 is 0 Å². The first kappa shape index (κ1) is 17.8. The molecular formula is C18H24N4O2S. The maximum Gasteiger partial charge on any atom is 0.230 e. The van der Waals surface area contributed by atoms with Gasteiger partial charge in [-0.25, -0.2) is 0 Å². The Morgan fingerprint density at radius 3 is 2.80 bits per heavy atom. The Labute approximate surface area is 152 Å². The summed E-state index contributed by atoms with van der Waals surface area (Å²) in [5, 5.41) is 12.5. The van der Waals surface area contributed by atoms with Crippen LogP contribution in [0.4, 0.5) is 0 Å². The fourth-order valence-electron chi connectivity index (χ4n) is 3.18. The molecule has 0 saturated heterocycles. The van der Waals surface area contributed by atoms with Crippen molar-refractivity contribution in [2.75, 3.05) is 12.9 Å². The van der Waals surface area contributed by atoms with Gasteiger partial charge in [0.15, 0.2) is 11.0 Å². The van der Waals surface area contributed by atoms with Gasteiger partial charge in [-0.15, -0.1) is 10.2 Å². The van der Waals surface area contributed by atoms with Gasteiger partial charge in [-0.3, -0.25) is 4.79 Å². The third-order valence-corrected chi connectivity index (χ3v) is 5.40. The van der Waals surface area contributed by atoms with Crippen LogP contribution in [-0.2, 0) is 11.3 Å². The van der Waals surface area contributed by atoms with E-state index in [9.17, 15) is 4.79 Å². The van der Waals surface area contributed by atoms with Crippen molar-refractivity contribution in [2.45, 2.75) is 50.4 Å². The summed E-state index contributed by atoms with van der Waals surface area (Å²) in [6.07, 6.45) is 4.62. The lowest BCUT2D eigenvalue weighted by molar-refractivity contribution is -0.119. The lowest BCUT2D eigenvalue weighted by atomic mass is 10.2. The first-order chi connectivity index (χ1) is 12.2. The fourth-order valence-corrected chi connectivity index (χ4v) is 3.99. The number of aromatic nitrogens is 3. The van der Waals surface area contributed by atoms with Crippen LogP contribution in [0.3, 0.4) is 0 Å². The number of amides is 1. The molecule has 25 heavy (non-hydrogen) atoms. The summed E-state index contributed by atoms with van der Waals surface area (Å²) in [6.45, 7) is 2.78. The van der Waals surface area contributed by atoms with Crippen LogP contribution in [0.2, 0.25) is 0 Å². The number of thioether (sulfide) groups is 1. The summed E-state index contributed by atoms with van der Waals surface area (Å²) in [5.74, 6) is 1.96. The topological polar surface area (TPSA) is 69.0 Å². The molecule has 0 aliphatic heterocycles. The highest BCUT2D eigenvalue weighted by molar-refractivity contribution is 7.99. The normalized spacial score (nSPS) is 14.6. The molecule has 1 amide bonds. The van der Waals surface area contributed by atoms with Gasteiger partial charge in [0.05, 0.1) is 18.4 Å². The minimum Gasteiger partial charge on any atom is -0.496 e. The predicted molar refractivity (Wildman–Crippen MR) is 98.8 cm³/mol. The average Bonchev–Trinajstić information content (AvgIpc) is 3.29. The standard InChI is InChI=1S/C18H24N4O2S/c1-3-22-17(14-10-6-7-11-15(14)24-2)20-21-18(22)25-12-16(23)19-13-8-4-5-9-13/h6-7,10-11,13H,3-5,8-9,12H2,1-2H3,(H,19,23). The Bertz CT molecular complexity index is 726. The summed E-state index contributed by atoms with van der Waals surface area (Å²) in [4.78, 5) is 12.1. The number of carbonyl (C=O) groups excluding carboxylic acids is 1. The van der Waals surface area contributed by atoms with Crippen LogP contribution in [0.15, 0.2) is 29.4 Å². The number of nitrogens with zero attached hydrogens (tertiary/aromatic N) is 3. The lowest BCUT2D eigenvalue weighted by Gasteiger charge is -2.12. The molecule has 7 heteroatoms. The van der Waals surface area contributed by atoms with E-state index in [0.29, 0.717) is 11.8 Å². The number of rotatable bonds is 7. The second-order valence-electron chi connectivity index (χ2n) is 6.09. The number of para-hydroxylation sites is 1. The molecule has 1 heterocycles. The van der Waals surface area contributed by atoms with E-state index >= 15 is 0 Å². The van der Waals surface area contributed by atoms with Crippen LogP contribution in [0.1, 0.15) is 32.6 Å². The zero-order valence-corrected chi connectivity index (χ0v) is 15.5. The van der Waals surface area contributed by atoms with Gasteiger partial charge in [0.2, 0.25) is 5.91 Å². The van der Waals surface area contributed by atoms with E-state index in [1.54, 1.807) is 7.11 Å². The zero-order valence-electron chi connectivity index (χ0n) is 14.7. The number of nitrogens with one attached hydrogen (secondary N) is 1. The Balaban J connectivity index is 1.70. The van der Waals surface area contributed by atoms with E-state index in [2.05, 4.69) is 15.5 Å². The second-order valence-corrected chi connectivity index (χ2v) is 7.03. The van der Waals surface area contributed by atoms with Crippen molar-refractivity contribution in [3.05, 3.63) is 24.3 Å². The summed E-state index contributed by atoms with van der Waals surface area (Å²) in [7, 11) is 1.65. The van der Waals surface area contributed by atoms with Crippen LogP contribution in [-0.4, -0.2) is 39.6 Å². The molecule has 0 radical (unpaired) electrons. The maximum absolute atomic E-state index is 12.1. The van der Waals surface area contributed by atoms with E-state index in [1.165, 1.54) is 24.6 Å². The average molecular weight is 360 g/mol. The smallest absolute Gasteiger partial charge is 0.230 e. The number of benzene rings is 1. The van der Waals surface area contributed by atoms with Crippen molar-refractivity contribution < 1.29 is 9.53 Å². The minimum absolute atomic E-state index is 0.0707. The predicted octanol–water partition coefficient (Wildman–Crippen LogP) is 3.12. The van der Waals surface area contributed by atoms with Crippen LogP contribution >= 0.6 is 11.8 Å². The minimum atomic E-state index is 0.0707. The number of hydrogen-bond acceptors (Lipinski definition) is 5. The van der Waals surface area contributed by atoms with Gasteiger partial charge in [0, 0.05) is 12.6 Å². The molecule has 0 atom stereocenters. The first-order valence-corrected chi connectivity index (χ1v) is 9.70. The van der Waals surface area contributed by atoms with Gasteiger partial charge < -0.3 is 14.6 Å². The molecule has 0 bridgehead atoms. The van der Waals surface area contributed by atoms with Crippen molar-refractivity contribution >= 4 is 17.7 Å². The number of methoxy groups -OCH3 is 1. The van der Waals surface area contributed by atoms with Gasteiger partial charge in [0.1, 0.15) is 5.75 Å². The quantitative estimate of drug-likeness (QED) is 0.768. The summed E-state index contributed by atoms with van der Waals surface area (Å²) >= 11 is 1.43. The summed E-state index contributed by atoms with van der Waals surface area (Å²) < 4.78 is 7.45. The van der Waals surface area contributed by atoms with Crippen molar-refractivity contribution in [2.24, 2.45) is 0 Å². The van der Waals surface area contributed by atoms with Gasteiger partial charge in [-0.1, -0.05) is 36.7 Å². The van der Waals surface area contributed by atoms with Gasteiger partial charge >= 0.3 is 0 Å². The maximum atomic E-state index is 12.1. The zero-order chi connectivity index (χ0) is 17.6. The summed E-state index contributed by atoms with van der Waals surface area (Å²) in [5.41, 5.74) is 0.904. The molecule has 0 unspecified atom stereocenters. The molecule has 1 fully saturated rings. The third kappa shape index (κ3) is 4.15. The molecule has 0 spiro atoms. The third-order valence-electron chi connectivity index (χ3n) is 4.43. The van der Waals surface area contributed by atoms with Crippen LogP contribution in [0.25, 0.3) is 11.4 Å². The number of carbonyl (C=O) groups is 1. The molecule has 1 aliphatic rings. The van der Waals surface area contributed by atoms with Crippen molar-refractivity contribution in [3.63, 3.8) is 0 Å². The number of hydrogen-bond donors (Lipinski definition) is 1. The van der Waals surface area contributed by atoms with Crippen LogP contribution in [0, 0.1) is 0 Å².